The Balaban J connectivity index is 1.76. The van der Waals surface area contributed by atoms with Crippen LogP contribution >= 0.6 is 0 Å². The fourth-order valence-electron chi connectivity index (χ4n) is 2.77. The van der Waals surface area contributed by atoms with Gasteiger partial charge in [0.15, 0.2) is 5.82 Å². The second-order valence-corrected chi connectivity index (χ2v) is 5.67. The van der Waals surface area contributed by atoms with E-state index in [4.69, 9.17) is 4.52 Å². The Kier molecular flexibility index (Phi) is 4.73. The molecule has 0 bridgehead atoms. The van der Waals surface area contributed by atoms with Gasteiger partial charge in [-0.1, -0.05) is 23.4 Å². The van der Waals surface area contributed by atoms with Crippen LogP contribution in [0.3, 0.4) is 0 Å². The van der Waals surface area contributed by atoms with Gasteiger partial charge in [-0.25, -0.2) is 0 Å². The summed E-state index contributed by atoms with van der Waals surface area (Å²) >= 11 is 0. The molecule has 1 unspecified atom stereocenters. The van der Waals surface area contributed by atoms with Gasteiger partial charge in [-0.15, -0.1) is 0 Å². The number of nitrogens with zero attached hydrogens (tertiary/aromatic N) is 3. The summed E-state index contributed by atoms with van der Waals surface area (Å²) < 4.78 is 34.6. The summed E-state index contributed by atoms with van der Waals surface area (Å²) in [5, 5.41) is 3.87. The normalized spacial score (nSPS) is 18.2. The van der Waals surface area contributed by atoms with Crippen molar-refractivity contribution in [1.82, 2.24) is 15.0 Å². The number of rotatable bonds is 5. The highest BCUT2D eigenvalue weighted by atomic mass is 19.3. The maximum Gasteiger partial charge on any atom is 0.387 e. The van der Waals surface area contributed by atoms with E-state index in [1.165, 1.54) is 6.07 Å². The maximum absolute atomic E-state index is 12.5. The molecule has 1 aromatic carbocycles. The van der Waals surface area contributed by atoms with E-state index >= 15 is 0 Å². The molecule has 0 spiro atoms. The Morgan fingerprint density at radius 3 is 3.00 bits per heavy atom. The molecular weight excluding hydrogens is 320 g/mol. The number of benzene rings is 1. The largest absolute Gasteiger partial charge is 0.435 e. The number of para-hydroxylation sites is 1. The van der Waals surface area contributed by atoms with Gasteiger partial charge in [-0.2, -0.15) is 13.8 Å². The van der Waals surface area contributed by atoms with Crippen LogP contribution in [0.15, 0.2) is 28.8 Å². The SMILES string of the molecule is CN1CCCC(c2nc(Cc3ccccc3OC(F)F)no2)C1=O. The molecule has 24 heavy (non-hydrogen) atoms. The molecule has 1 fully saturated rings. The van der Waals surface area contributed by atoms with Crippen molar-refractivity contribution in [3.63, 3.8) is 0 Å². The highest BCUT2D eigenvalue weighted by Crippen LogP contribution is 2.27. The quantitative estimate of drug-likeness (QED) is 0.839. The van der Waals surface area contributed by atoms with Crippen LogP contribution in [0.2, 0.25) is 0 Å². The summed E-state index contributed by atoms with van der Waals surface area (Å²) in [5.74, 6) is 0.202. The van der Waals surface area contributed by atoms with Crippen LogP contribution in [0.5, 0.6) is 5.75 Å². The van der Waals surface area contributed by atoms with Crippen LogP contribution in [-0.4, -0.2) is 41.2 Å². The third-order valence-corrected chi connectivity index (χ3v) is 3.98. The van der Waals surface area contributed by atoms with Crippen molar-refractivity contribution < 1.29 is 22.8 Å². The second kappa shape index (κ2) is 6.94. The first kappa shape index (κ1) is 16.4. The minimum absolute atomic E-state index is 0.0436. The fraction of sp³-hybridized carbons (Fsp3) is 0.438. The molecule has 0 saturated carbocycles. The van der Waals surface area contributed by atoms with Crippen LogP contribution in [0.1, 0.15) is 36.0 Å². The number of carbonyl (C=O) groups excluding carboxylic acids is 1. The molecule has 1 amide bonds. The first-order chi connectivity index (χ1) is 11.5. The summed E-state index contributed by atoms with van der Waals surface area (Å²) in [5.41, 5.74) is 0.525. The van der Waals surface area contributed by atoms with Gasteiger partial charge in [0.1, 0.15) is 11.7 Å². The maximum atomic E-state index is 12.5. The van der Waals surface area contributed by atoms with Gasteiger partial charge in [-0.3, -0.25) is 4.79 Å². The third-order valence-electron chi connectivity index (χ3n) is 3.98. The van der Waals surface area contributed by atoms with Gasteiger partial charge in [0, 0.05) is 25.6 Å². The number of amides is 1. The lowest BCUT2D eigenvalue weighted by Crippen LogP contribution is -2.37. The zero-order valence-electron chi connectivity index (χ0n) is 13.1. The Morgan fingerprint density at radius 2 is 2.21 bits per heavy atom. The smallest absolute Gasteiger partial charge is 0.387 e. The molecule has 1 aliphatic heterocycles. The van der Waals surface area contributed by atoms with Crippen molar-refractivity contribution in [2.24, 2.45) is 0 Å². The van der Waals surface area contributed by atoms with Crippen molar-refractivity contribution in [3.8, 4) is 5.75 Å². The molecule has 3 rings (SSSR count). The number of alkyl halides is 2. The molecule has 0 radical (unpaired) electrons. The number of hydrogen-bond acceptors (Lipinski definition) is 5. The van der Waals surface area contributed by atoms with Gasteiger partial charge in [0.2, 0.25) is 11.8 Å². The van der Waals surface area contributed by atoms with Crippen molar-refractivity contribution in [2.75, 3.05) is 13.6 Å². The predicted molar refractivity (Wildman–Crippen MR) is 79.8 cm³/mol. The first-order valence-corrected chi connectivity index (χ1v) is 7.65. The van der Waals surface area contributed by atoms with E-state index in [0.29, 0.717) is 24.4 Å². The second-order valence-electron chi connectivity index (χ2n) is 5.67. The van der Waals surface area contributed by atoms with Crippen LogP contribution in [0.25, 0.3) is 0 Å². The lowest BCUT2D eigenvalue weighted by atomic mass is 9.97. The van der Waals surface area contributed by atoms with Crippen LogP contribution in [0.4, 0.5) is 8.78 Å². The molecule has 8 heteroatoms. The predicted octanol–water partition coefficient (Wildman–Crippen LogP) is 2.60. The molecule has 1 aliphatic rings. The summed E-state index contributed by atoms with van der Waals surface area (Å²) in [4.78, 5) is 18.1. The number of likely N-dealkylation sites (tertiary alicyclic amines) is 1. The van der Waals surface area contributed by atoms with Gasteiger partial charge >= 0.3 is 6.61 Å². The number of halogens is 2. The number of hydrogen-bond donors (Lipinski definition) is 0. The summed E-state index contributed by atoms with van der Waals surface area (Å²) in [6.45, 7) is -2.18. The van der Waals surface area contributed by atoms with E-state index in [1.54, 1.807) is 30.1 Å². The summed E-state index contributed by atoms with van der Waals surface area (Å²) in [6, 6.07) is 6.45. The number of likely N-dealkylation sites (N-methyl/N-ethyl adjacent to an activating group) is 1. The van der Waals surface area contributed by atoms with E-state index < -0.39 is 12.5 Å². The molecule has 1 atom stereocenters. The van der Waals surface area contributed by atoms with E-state index in [1.807, 2.05) is 0 Å². The van der Waals surface area contributed by atoms with E-state index in [0.717, 1.165) is 6.42 Å². The number of ether oxygens (including phenoxy) is 1. The van der Waals surface area contributed by atoms with Gasteiger partial charge in [0.25, 0.3) is 0 Å². The lowest BCUT2D eigenvalue weighted by molar-refractivity contribution is -0.134. The summed E-state index contributed by atoms with van der Waals surface area (Å²) in [6.07, 6.45) is 1.72. The Morgan fingerprint density at radius 1 is 1.42 bits per heavy atom. The minimum Gasteiger partial charge on any atom is -0.435 e. The average Bonchev–Trinajstić information content (AvgIpc) is 3.00. The number of aromatic nitrogens is 2. The Labute approximate surface area is 137 Å². The average molecular weight is 337 g/mol. The molecule has 1 aromatic heterocycles. The Bertz CT molecular complexity index is 720. The van der Waals surface area contributed by atoms with Gasteiger partial charge < -0.3 is 14.2 Å². The number of carbonyl (C=O) groups is 1. The van der Waals surface area contributed by atoms with E-state index in [9.17, 15) is 13.6 Å². The van der Waals surface area contributed by atoms with Crippen LogP contribution in [-0.2, 0) is 11.2 Å². The molecule has 6 nitrogen and oxygen atoms in total. The van der Waals surface area contributed by atoms with Gasteiger partial charge in [-0.05, 0) is 18.9 Å². The van der Waals surface area contributed by atoms with Crippen molar-refractivity contribution in [1.29, 1.82) is 0 Å². The molecule has 0 aliphatic carbocycles. The molecule has 2 aromatic rings. The van der Waals surface area contributed by atoms with Crippen molar-refractivity contribution >= 4 is 5.91 Å². The highest BCUT2D eigenvalue weighted by Gasteiger charge is 2.32. The molecule has 2 heterocycles. The van der Waals surface area contributed by atoms with Gasteiger partial charge in [0.05, 0.1) is 0 Å². The fourth-order valence-corrected chi connectivity index (χ4v) is 2.77. The van der Waals surface area contributed by atoms with E-state index in [-0.39, 0.29) is 24.0 Å². The lowest BCUT2D eigenvalue weighted by Gasteiger charge is -2.26. The third kappa shape index (κ3) is 3.52. The van der Waals surface area contributed by atoms with Crippen LogP contribution in [0, 0.1) is 0 Å². The summed E-state index contributed by atoms with van der Waals surface area (Å²) in [7, 11) is 1.74. The van der Waals surface area contributed by atoms with E-state index in [2.05, 4.69) is 14.9 Å². The Hall–Kier alpha value is -2.51. The van der Waals surface area contributed by atoms with Crippen molar-refractivity contribution in [2.45, 2.75) is 31.8 Å². The topological polar surface area (TPSA) is 68.5 Å². The molecule has 0 N–H and O–H groups in total. The molecular formula is C16H17F2N3O3. The molecule has 1 saturated heterocycles. The zero-order chi connectivity index (χ0) is 17.1. The zero-order valence-corrected chi connectivity index (χ0v) is 13.1. The highest BCUT2D eigenvalue weighted by molar-refractivity contribution is 5.83. The standard InChI is InChI=1S/C16H17F2N3O3/c1-21-8-4-6-11(15(21)22)14-19-13(20-24-14)9-10-5-2-3-7-12(10)23-16(17)18/h2-3,5,7,11,16H,4,6,8-9H2,1H3. The van der Waals surface area contributed by atoms with Crippen LogP contribution < -0.4 is 4.74 Å². The van der Waals surface area contributed by atoms with Crippen molar-refractivity contribution in [3.05, 3.63) is 41.5 Å². The first-order valence-electron chi connectivity index (χ1n) is 7.65. The molecule has 128 valence electrons. The monoisotopic (exact) mass is 337 g/mol. The minimum atomic E-state index is -2.90. The number of piperidine rings is 1.